The monoisotopic (exact) mass is 785 g/mol. The van der Waals surface area contributed by atoms with Crippen molar-refractivity contribution < 1.29 is 0 Å². The molecule has 0 N–H and O–H groups in total. The Labute approximate surface area is 361 Å². The van der Waals surface area contributed by atoms with Gasteiger partial charge in [-0.25, -0.2) is 0 Å². The maximum atomic E-state index is 2.51. The van der Waals surface area contributed by atoms with E-state index in [2.05, 4.69) is 241 Å². The number of hydrogen-bond donors (Lipinski definition) is 0. The molecule has 62 heavy (non-hydrogen) atoms. The van der Waals surface area contributed by atoms with Gasteiger partial charge in [-0.05, 0) is 124 Å². The first kappa shape index (κ1) is 34.8. The summed E-state index contributed by atoms with van der Waals surface area (Å²) < 4.78 is 0. The minimum atomic E-state index is -0.452. The molecule has 0 radical (unpaired) electrons. The molecule has 0 saturated heterocycles. The van der Waals surface area contributed by atoms with Crippen LogP contribution in [-0.4, -0.2) is 0 Å². The summed E-state index contributed by atoms with van der Waals surface area (Å²) in [7, 11) is 0. The maximum absolute atomic E-state index is 2.51. The lowest BCUT2D eigenvalue weighted by molar-refractivity contribution is 0.793. The van der Waals surface area contributed by atoms with Crippen LogP contribution >= 0.6 is 0 Å². The van der Waals surface area contributed by atoms with Crippen LogP contribution in [0.2, 0.25) is 0 Å². The first-order valence-electron chi connectivity index (χ1n) is 21.6. The first-order valence-corrected chi connectivity index (χ1v) is 21.6. The number of rotatable bonds is 5. The molecule has 2 aliphatic carbocycles. The van der Waals surface area contributed by atoms with Crippen LogP contribution in [0, 0.1) is 0 Å². The molecule has 1 nitrogen and oxygen atoms in total. The van der Waals surface area contributed by atoms with Crippen LogP contribution in [0.5, 0.6) is 0 Å². The van der Waals surface area contributed by atoms with E-state index in [-0.39, 0.29) is 0 Å². The van der Waals surface area contributed by atoms with Gasteiger partial charge >= 0.3 is 0 Å². The molecule has 1 heteroatoms. The van der Waals surface area contributed by atoms with Crippen LogP contribution < -0.4 is 4.90 Å². The Kier molecular flexibility index (Phi) is 7.59. The van der Waals surface area contributed by atoms with E-state index >= 15 is 0 Å². The van der Waals surface area contributed by atoms with Crippen molar-refractivity contribution in [3.8, 4) is 44.5 Å². The Morgan fingerprint density at radius 2 is 0.645 bits per heavy atom. The number of hydrogen-bond acceptors (Lipinski definition) is 1. The Bertz CT molecular complexity index is 3480. The smallest absolute Gasteiger partial charge is 0.0726 e. The molecule has 0 fully saturated rings. The molecule has 0 unspecified atom stereocenters. The van der Waals surface area contributed by atoms with E-state index in [1.54, 1.807) is 0 Å². The van der Waals surface area contributed by atoms with Gasteiger partial charge in [-0.3, -0.25) is 0 Å². The van der Waals surface area contributed by atoms with Gasteiger partial charge in [0, 0.05) is 16.9 Å². The molecule has 0 amide bonds. The summed E-state index contributed by atoms with van der Waals surface area (Å²) in [5.74, 6) is 0. The molecule has 0 bridgehead atoms. The molecule has 11 aromatic rings. The van der Waals surface area contributed by atoms with Crippen LogP contribution in [0.25, 0.3) is 76.8 Å². The number of para-hydroxylation sites is 1. The lowest BCUT2D eigenvalue weighted by atomic mass is 9.70. The van der Waals surface area contributed by atoms with Gasteiger partial charge in [0.2, 0.25) is 0 Å². The highest BCUT2D eigenvalue weighted by Gasteiger charge is 2.51. The standard InChI is InChI=1S/C61H39N/c1-2-16-40(17-3-1)41-30-32-42(33-31-41)45-18-11-15-29-60(45)62(43-34-36-50-48-21-5-4-19-46(48)47-20-6-7-22-49(47)55(50)38-43)44-35-37-54-53-25-10-14-28-58(53)61(59(54)39-44)56-26-12-8-23-51(56)52-24-9-13-27-57(52)61/h1-39H. The van der Waals surface area contributed by atoms with Gasteiger partial charge < -0.3 is 4.90 Å². The van der Waals surface area contributed by atoms with E-state index in [1.807, 2.05) is 0 Å². The zero-order valence-electron chi connectivity index (χ0n) is 34.0. The van der Waals surface area contributed by atoms with Crippen molar-refractivity contribution in [2.24, 2.45) is 0 Å². The Hall–Kier alpha value is -8.00. The predicted molar refractivity (Wildman–Crippen MR) is 261 cm³/mol. The minimum Gasteiger partial charge on any atom is -0.310 e. The normalized spacial score (nSPS) is 13.0. The van der Waals surface area contributed by atoms with E-state index in [4.69, 9.17) is 0 Å². The van der Waals surface area contributed by atoms with Gasteiger partial charge in [0.1, 0.15) is 0 Å². The third kappa shape index (κ3) is 4.91. The SMILES string of the molecule is c1ccc(-c2ccc(-c3ccccc3N(c3ccc4c(c3)C3(c5ccccc5-c5ccccc53)c3ccccc3-4)c3ccc4c5ccccc5c5ccccc5c4c3)cc2)cc1. The highest BCUT2D eigenvalue weighted by atomic mass is 15.1. The quantitative estimate of drug-likeness (QED) is 0.157. The van der Waals surface area contributed by atoms with Crippen LogP contribution in [0.3, 0.4) is 0 Å². The van der Waals surface area contributed by atoms with Crippen LogP contribution in [0.4, 0.5) is 17.1 Å². The van der Waals surface area contributed by atoms with Crippen molar-refractivity contribution in [3.05, 3.63) is 259 Å². The molecule has 11 aromatic carbocycles. The van der Waals surface area contributed by atoms with Gasteiger partial charge in [-0.2, -0.15) is 0 Å². The van der Waals surface area contributed by atoms with E-state index in [1.165, 1.54) is 99.1 Å². The molecular weight excluding hydrogens is 747 g/mol. The minimum absolute atomic E-state index is 0.452. The molecule has 13 rings (SSSR count). The molecule has 0 saturated carbocycles. The summed E-state index contributed by atoms with van der Waals surface area (Å²) in [4.78, 5) is 2.51. The molecule has 1 spiro atoms. The summed E-state index contributed by atoms with van der Waals surface area (Å²) in [6.45, 7) is 0. The van der Waals surface area contributed by atoms with Gasteiger partial charge in [-0.1, -0.05) is 206 Å². The Morgan fingerprint density at radius 3 is 1.24 bits per heavy atom. The molecule has 2 aliphatic rings. The second kappa shape index (κ2) is 13.5. The third-order valence-electron chi connectivity index (χ3n) is 13.7. The number of anilines is 3. The highest BCUT2D eigenvalue weighted by Crippen LogP contribution is 2.63. The topological polar surface area (TPSA) is 3.24 Å². The lowest BCUT2D eigenvalue weighted by Crippen LogP contribution is -2.26. The average molecular weight is 786 g/mol. The highest BCUT2D eigenvalue weighted by molar-refractivity contribution is 6.26. The van der Waals surface area contributed by atoms with Gasteiger partial charge in [0.15, 0.2) is 0 Å². The second-order valence-corrected chi connectivity index (χ2v) is 16.7. The molecule has 0 heterocycles. The fraction of sp³-hybridized carbons (Fsp3) is 0.0164. The van der Waals surface area contributed by atoms with Crippen molar-refractivity contribution in [1.82, 2.24) is 0 Å². The lowest BCUT2D eigenvalue weighted by Gasteiger charge is -2.33. The maximum Gasteiger partial charge on any atom is 0.0726 e. The summed E-state index contributed by atoms with van der Waals surface area (Å²) in [6, 6.07) is 87.9. The second-order valence-electron chi connectivity index (χ2n) is 16.7. The largest absolute Gasteiger partial charge is 0.310 e. The van der Waals surface area contributed by atoms with Gasteiger partial charge in [0.25, 0.3) is 0 Å². The third-order valence-corrected chi connectivity index (χ3v) is 13.7. The van der Waals surface area contributed by atoms with Crippen molar-refractivity contribution in [2.75, 3.05) is 4.90 Å². The fourth-order valence-corrected chi connectivity index (χ4v) is 11.1. The predicted octanol–water partition coefficient (Wildman–Crippen LogP) is 16.3. The van der Waals surface area contributed by atoms with Gasteiger partial charge in [0.05, 0.1) is 11.1 Å². The van der Waals surface area contributed by atoms with Crippen molar-refractivity contribution >= 4 is 49.4 Å². The summed E-state index contributed by atoms with van der Waals surface area (Å²) in [6.07, 6.45) is 0. The Balaban J connectivity index is 1.08. The summed E-state index contributed by atoms with van der Waals surface area (Å²) >= 11 is 0. The number of nitrogens with zero attached hydrogens (tertiary/aromatic N) is 1. The van der Waals surface area contributed by atoms with E-state index in [0.717, 1.165) is 17.1 Å². The summed E-state index contributed by atoms with van der Waals surface area (Å²) in [5.41, 5.74) is 18.2. The first-order chi connectivity index (χ1) is 30.8. The molecule has 0 aliphatic heterocycles. The molecule has 0 aromatic heterocycles. The van der Waals surface area contributed by atoms with Crippen LogP contribution in [0.1, 0.15) is 22.3 Å². The summed E-state index contributed by atoms with van der Waals surface area (Å²) in [5, 5.41) is 7.59. The molecular formula is C61H39N. The molecule has 0 atom stereocenters. The number of fused-ring (bicyclic) bond motifs is 16. The van der Waals surface area contributed by atoms with Gasteiger partial charge in [-0.15, -0.1) is 0 Å². The van der Waals surface area contributed by atoms with Crippen LogP contribution in [0.15, 0.2) is 237 Å². The van der Waals surface area contributed by atoms with Crippen molar-refractivity contribution in [2.45, 2.75) is 5.41 Å². The molecule has 288 valence electrons. The Morgan fingerprint density at radius 1 is 0.242 bits per heavy atom. The van der Waals surface area contributed by atoms with E-state index in [0.29, 0.717) is 0 Å². The average Bonchev–Trinajstić information content (AvgIpc) is 3.82. The van der Waals surface area contributed by atoms with E-state index in [9.17, 15) is 0 Å². The fourth-order valence-electron chi connectivity index (χ4n) is 11.1. The van der Waals surface area contributed by atoms with Crippen LogP contribution in [-0.2, 0) is 5.41 Å². The van der Waals surface area contributed by atoms with E-state index < -0.39 is 5.41 Å². The van der Waals surface area contributed by atoms with Crippen molar-refractivity contribution in [1.29, 1.82) is 0 Å². The zero-order chi connectivity index (χ0) is 40.8. The zero-order valence-corrected chi connectivity index (χ0v) is 34.0. The van der Waals surface area contributed by atoms with Crippen molar-refractivity contribution in [3.63, 3.8) is 0 Å². The number of benzene rings is 11.